The molecule has 7 heteroatoms. The number of benzene rings is 1. The van der Waals surface area contributed by atoms with Gasteiger partial charge in [0.25, 0.3) is 5.56 Å². The van der Waals surface area contributed by atoms with E-state index in [1.54, 1.807) is 11.3 Å². The number of aromatic amines is 1. The van der Waals surface area contributed by atoms with Gasteiger partial charge in [-0.05, 0) is 43.9 Å². The highest BCUT2D eigenvalue weighted by Gasteiger charge is 2.20. The first-order chi connectivity index (χ1) is 14.9. The van der Waals surface area contributed by atoms with E-state index in [1.165, 1.54) is 11.1 Å². The first kappa shape index (κ1) is 21.7. The number of carbonyl (C=O) groups excluding carboxylic acids is 1. The minimum absolute atomic E-state index is 0.101. The van der Waals surface area contributed by atoms with Crippen LogP contribution < -0.4 is 5.56 Å². The number of hydrogen-bond donors (Lipinski definition) is 1. The summed E-state index contributed by atoms with van der Waals surface area (Å²) in [5.41, 5.74) is 3.56. The van der Waals surface area contributed by atoms with Crippen LogP contribution in [-0.2, 0) is 17.8 Å². The van der Waals surface area contributed by atoms with E-state index in [0.29, 0.717) is 24.1 Å². The van der Waals surface area contributed by atoms with Gasteiger partial charge in [0.1, 0.15) is 10.7 Å². The molecule has 0 atom stereocenters. The highest BCUT2D eigenvalue weighted by Crippen LogP contribution is 2.25. The zero-order valence-electron chi connectivity index (χ0n) is 18.5. The molecule has 2 aromatic heterocycles. The van der Waals surface area contributed by atoms with Gasteiger partial charge in [-0.25, -0.2) is 4.98 Å². The molecule has 1 aromatic carbocycles. The van der Waals surface area contributed by atoms with Crippen LogP contribution in [0.2, 0.25) is 0 Å². The Morgan fingerprint density at radius 1 is 1.13 bits per heavy atom. The first-order valence-corrected chi connectivity index (χ1v) is 11.8. The zero-order valence-corrected chi connectivity index (χ0v) is 19.3. The van der Waals surface area contributed by atoms with Crippen molar-refractivity contribution >= 4 is 27.5 Å². The molecule has 0 saturated carbocycles. The van der Waals surface area contributed by atoms with Crippen LogP contribution in [0.1, 0.15) is 40.2 Å². The Morgan fingerprint density at radius 2 is 1.94 bits per heavy atom. The number of thiophene rings is 1. The molecule has 1 fully saturated rings. The fraction of sp³-hybridized carbons (Fsp3) is 0.458. The molecule has 3 heterocycles. The molecule has 1 aliphatic heterocycles. The lowest BCUT2D eigenvalue weighted by Gasteiger charge is -2.22. The minimum atomic E-state index is -0.101. The van der Waals surface area contributed by atoms with Gasteiger partial charge < -0.3 is 9.88 Å². The van der Waals surface area contributed by atoms with Crippen molar-refractivity contribution in [3.63, 3.8) is 0 Å². The second-order valence-corrected chi connectivity index (χ2v) is 9.62. The number of carbonyl (C=O) groups is 1. The fourth-order valence-electron chi connectivity index (χ4n) is 4.21. The Kier molecular flexibility index (Phi) is 6.53. The molecule has 4 rings (SSSR count). The lowest BCUT2D eigenvalue weighted by Crippen LogP contribution is -2.35. The van der Waals surface area contributed by atoms with Gasteiger partial charge in [0.2, 0.25) is 5.91 Å². The summed E-state index contributed by atoms with van der Waals surface area (Å²) in [4.78, 5) is 39.0. The predicted octanol–water partition coefficient (Wildman–Crippen LogP) is 3.58. The lowest BCUT2D eigenvalue weighted by atomic mass is 10.1. The number of nitrogens with one attached hydrogen (secondary N) is 1. The van der Waals surface area contributed by atoms with Gasteiger partial charge in [0.15, 0.2) is 0 Å². The molecule has 164 valence electrons. The summed E-state index contributed by atoms with van der Waals surface area (Å²) < 4.78 is 0. The van der Waals surface area contributed by atoms with E-state index < -0.39 is 0 Å². The molecule has 31 heavy (non-hydrogen) atoms. The number of nitrogens with zero attached hydrogens (tertiary/aromatic N) is 3. The van der Waals surface area contributed by atoms with Crippen molar-refractivity contribution in [2.24, 2.45) is 0 Å². The number of aromatic nitrogens is 2. The standard InChI is InChI=1S/C24H30N4O2S/c1-16-7-4-5-8-19(16)15-27-11-6-12-28(14-13-27)21(29)10-9-20-25-23(30)22-17(2)18(3)31-24(22)26-20/h4-5,7-8H,6,9-15H2,1-3H3,(H,25,26,30). The van der Waals surface area contributed by atoms with Gasteiger partial charge in [-0.2, -0.15) is 0 Å². The topological polar surface area (TPSA) is 69.3 Å². The summed E-state index contributed by atoms with van der Waals surface area (Å²) in [6.45, 7) is 10.5. The maximum Gasteiger partial charge on any atom is 0.259 e. The Balaban J connectivity index is 1.34. The molecule has 0 spiro atoms. The molecule has 1 saturated heterocycles. The molecule has 0 radical (unpaired) electrons. The van der Waals surface area contributed by atoms with Gasteiger partial charge in [-0.3, -0.25) is 14.5 Å². The predicted molar refractivity (Wildman–Crippen MR) is 126 cm³/mol. The normalized spacial score (nSPS) is 15.4. The van der Waals surface area contributed by atoms with Crippen LogP contribution in [-0.4, -0.2) is 51.9 Å². The Bertz CT molecular complexity index is 1150. The summed E-state index contributed by atoms with van der Waals surface area (Å²) >= 11 is 1.54. The van der Waals surface area contributed by atoms with Crippen molar-refractivity contribution in [1.29, 1.82) is 0 Å². The molecule has 0 unspecified atom stereocenters. The van der Waals surface area contributed by atoms with Crippen LogP contribution in [0.25, 0.3) is 10.2 Å². The van der Waals surface area contributed by atoms with Gasteiger partial charge in [-0.1, -0.05) is 24.3 Å². The first-order valence-electron chi connectivity index (χ1n) is 11.0. The summed E-state index contributed by atoms with van der Waals surface area (Å²) in [6, 6.07) is 8.49. The quantitative estimate of drug-likeness (QED) is 0.661. The van der Waals surface area contributed by atoms with Gasteiger partial charge in [0, 0.05) is 50.4 Å². The molecular weight excluding hydrogens is 408 g/mol. The smallest absolute Gasteiger partial charge is 0.259 e. The fourth-order valence-corrected chi connectivity index (χ4v) is 5.26. The molecular formula is C24H30N4O2S. The summed E-state index contributed by atoms with van der Waals surface area (Å²) in [5, 5.41) is 0.679. The van der Waals surface area contributed by atoms with Crippen LogP contribution in [0.15, 0.2) is 29.1 Å². The highest BCUT2D eigenvalue weighted by atomic mass is 32.1. The molecule has 1 aliphatic rings. The van der Waals surface area contributed by atoms with Gasteiger partial charge in [0.05, 0.1) is 5.39 Å². The Hall–Kier alpha value is -2.51. The van der Waals surface area contributed by atoms with Crippen molar-refractivity contribution in [2.75, 3.05) is 26.2 Å². The Morgan fingerprint density at radius 3 is 2.74 bits per heavy atom. The van der Waals surface area contributed by atoms with Crippen molar-refractivity contribution in [1.82, 2.24) is 19.8 Å². The van der Waals surface area contributed by atoms with Crippen molar-refractivity contribution in [3.8, 4) is 0 Å². The van der Waals surface area contributed by atoms with Crippen LogP contribution in [0.3, 0.4) is 0 Å². The van der Waals surface area contributed by atoms with E-state index >= 15 is 0 Å². The lowest BCUT2D eigenvalue weighted by molar-refractivity contribution is -0.131. The average Bonchev–Trinajstić information content (AvgIpc) is 2.90. The van der Waals surface area contributed by atoms with E-state index in [2.05, 4.69) is 46.1 Å². The number of rotatable bonds is 5. The highest BCUT2D eigenvalue weighted by molar-refractivity contribution is 7.18. The maximum atomic E-state index is 12.8. The van der Waals surface area contributed by atoms with E-state index in [1.807, 2.05) is 18.7 Å². The number of fused-ring (bicyclic) bond motifs is 1. The zero-order chi connectivity index (χ0) is 22.0. The minimum Gasteiger partial charge on any atom is -0.341 e. The van der Waals surface area contributed by atoms with Crippen molar-refractivity contribution in [2.45, 2.75) is 46.6 Å². The molecule has 6 nitrogen and oxygen atoms in total. The van der Waals surface area contributed by atoms with E-state index in [4.69, 9.17) is 0 Å². The van der Waals surface area contributed by atoms with Crippen LogP contribution in [0.4, 0.5) is 0 Å². The molecule has 3 aromatic rings. The van der Waals surface area contributed by atoms with Gasteiger partial charge in [-0.15, -0.1) is 11.3 Å². The number of aryl methyl sites for hydroxylation is 4. The third-order valence-electron chi connectivity index (χ3n) is 6.26. The Labute approximate surface area is 186 Å². The van der Waals surface area contributed by atoms with Crippen LogP contribution >= 0.6 is 11.3 Å². The summed E-state index contributed by atoms with van der Waals surface area (Å²) in [6.07, 6.45) is 1.81. The van der Waals surface area contributed by atoms with E-state index in [-0.39, 0.29) is 11.5 Å². The largest absolute Gasteiger partial charge is 0.341 e. The number of amides is 1. The van der Waals surface area contributed by atoms with Crippen molar-refractivity contribution < 1.29 is 4.79 Å². The van der Waals surface area contributed by atoms with Gasteiger partial charge >= 0.3 is 0 Å². The second kappa shape index (κ2) is 9.32. The van der Waals surface area contributed by atoms with Crippen LogP contribution in [0.5, 0.6) is 0 Å². The van der Waals surface area contributed by atoms with E-state index in [0.717, 1.165) is 54.4 Å². The van der Waals surface area contributed by atoms with Crippen LogP contribution in [0, 0.1) is 20.8 Å². The monoisotopic (exact) mass is 438 g/mol. The molecule has 0 aliphatic carbocycles. The summed E-state index contributed by atoms with van der Waals surface area (Å²) in [7, 11) is 0. The maximum absolute atomic E-state index is 12.8. The number of H-pyrrole nitrogens is 1. The van der Waals surface area contributed by atoms with E-state index in [9.17, 15) is 9.59 Å². The average molecular weight is 439 g/mol. The SMILES string of the molecule is Cc1ccccc1CN1CCCN(C(=O)CCc2nc3sc(C)c(C)c3c(=O)[nH]2)CC1. The molecule has 1 N–H and O–H groups in total. The molecule has 1 amide bonds. The second-order valence-electron chi connectivity index (χ2n) is 8.41. The summed E-state index contributed by atoms with van der Waals surface area (Å²) in [5.74, 6) is 0.738. The third kappa shape index (κ3) is 4.88. The van der Waals surface area contributed by atoms with Crippen molar-refractivity contribution in [3.05, 3.63) is 62.0 Å². The number of hydrogen-bond acceptors (Lipinski definition) is 5. The third-order valence-corrected chi connectivity index (χ3v) is 7.36. The molecule has 0 bridgehead atoms.